The minimum atomic E-state index is -0.973. The van der Waals surface area contributed by atoms with E-state index in [2.05, 4.69) is 0 Å². The molecule has 1 unspecified atom stereocenters. The number of rotatable bonds is 5. The van der Waals surface area contributed by atoms with Crippen molar-refractivity contribution in [1.82, 2.24) is 4.90 Å². The lowest BCUT2D eigenvalue weighted by Crippen LogP contribution is -2.31. The predicted octanol–water partition coefficient (Wildman–Crippen LogP) is 5.24. The Morgan fingerprint density at radius 3 is 2.47 bits per heavy atom. The summed E-state index contributed by atoms with van der Waals surface area (Å²) in [6, 6.07) is 14.0. The first-order chi connectivity index (χ1) is 16.4. The van der Waals surface area contributed by atoms with Gasteiger partial charge in [0.05, 0.1) is 17.0 Å². The molecule has 7 nitrogen and oxygen atoms in total. The van der Waals surface area contributed by atoms with Crippen LogP contribution in [0.4, 0.5) is 4.79 Å². The van der Waals surface area contributed by atoms with Crippen molar-refractivity contribution < 1.29 is 29.0 Å². The number of amides is 2. The number of carboxylic acids is 1. The van der Waals surface area contributed by atoms with Crippen molar-refractivity contribution in [3.05, 3.63) is 87.0 Å². The van der Waals surface area contributed by atoms with Crippen molar-refractivity contribution in [2.24, 2.45) is 0 Å². The van der Waals surface area contributed by atoms with Crippen LogP contribution >= 0.6 is 23.4 Å². The summed E-state index contributed by atoms with van der Waals surface area (Å²) in [7, 11) is 0. The highest BCUT2D eigenvalue weighted by Crippen LogP contribution is 2.37. The fraction of sp³-hybridized carbons (Fsp3) is 0.160. The minimum Gasteiger partial charge on any atom is -0.478 e. The fourth-order valence-electron chi connectivity index (χ4n) is 3.86. The van der Waals surface area contributed by atoms with Gasteiger partial charge in [-0.25, -0.2) is 4.79 Å². The minimum absolute atomic E-state index is 0.0751. The zero-order chi connectivity index (χ0) is 23.8. The number of hydrogen-bond acceptors (Lipinski definition) is 6. The Morgan fingerprint density at radius 1 is 1.12 bits per heavy atom. The van der Waals surface area contributed by atoms with Crippen LogP contribution in [-0.2, 0) is 14.3 Å². The number of fused-ring (bicyclic) bond motifs is 1. The highest BCUT2D eigenvalue weighted by atomic mass is 35.5. The molecule has 5 rings (SSSR count). The van der Waals surface area contributed by atoms with E-state index >= 15 is 0 Å². The lowest BCUT2D eigenvalue weighted by Gasteiger charge is -2.20. The van der Waals surface area contributed by atoms with E-state index < -0.39 is 5.97 Å². The normalized spacial score (nSPS) is 21.1. The van der Waals surface area contributed by atoms with Gasteiger partial charge in [0.2, 0.25) is 0 Å². The third-order valence-electron chi connectivity index (χ3n) is 5.72. The van der Waals surface area contributed by atoms with Crippen LogP contribution in [0, 0.1) is 0 Å². The molecule has 1 aliphatic carbocycles. The summed E-state index contributed by atoms with van der Waals surface area (Å²) in [4.78, 5) is 38.0. The Labute approximate surface area is 204 Å². The van der Waals surface area contributed by atoms with Gasteiger partial charge in [0.15, 0.2) is 6.79 Å². The highest BCUT2D eigenvalue weighted by Gasteiger charge is 2.37. The summed E-state index contributed by atoms with van der Waals surface area (Å²) >= 11 is 7.27. The Morgan fingerprint density at radius 2 is 1.79 bits per heavy atom. The largest absolute Gasteiger partial charge is 0.478 e. The van der Waals surface area contributed by atoms with E-state index in [4.69, 9.17) is 26.2 Å². The second-order valence-electron chi connectivity index (χ2n) is 7.87. The lowest BCUT2D eigenvalue weighted by atomic mass is 10.0. The van der Waals surface area contributed by atoms with Gasteiger partial charge >= 0.3 is 5.97 Å². The van der Waals surface area contributed by atoms with Gasteiger partial charge in [-0.15, -0.1) is 0 Å². The molecule has 2 aromatic rings. The van der Waals surface area contributed by atoms with Crippen molar-refractivity contribution in [2.45, 2.75) is 12.5 Å². The number of carbonyl (C=O) groups excluding carboxylic acids is 2. The van der Waals surface area contributed by atoms with Crippen molar-refractivity contribution in [2.75, 3.05) is 13.3 Å². The molecule has 1 atom stereocenters. The molecule has 3 aliphatic rings. The lowest BCUT2D eigenvalue weighted by molar-refractivity contribution is -0.122. The Bertz CT molecular complexity index is 1280. The number of nitrogens with zero attached hydrogens (tertiary/aromatic N) is 1. The van der Waals surface area contributed by atoms with Crippen LogP contribution in [0.15, 0.2) is 75.9 Å². The molecule has 0 spiro atoms. The third-order valence-corrected chi connectivity index (χ3v) is 7.02. The summed E-state index contributed by atoms with van der Waals surface area (Å²) in [5.74, 6) is -0.677. The van der Waals surface area contributed by atoms with Crippen molar-refractivity contribution >= 4 is 46.6 Å². The third kappa shape index (κ3) is 4.40. The van der Waals surface area contributed by atoms with Crippen molar-refractivity contribution in [3.8, 4) is 11.1 Å². The number of hydrogen-bond donors (Lipinski definition) is 1. The Hall–Kier alpha value is -3.33. The summed E-state index contributed by atoms with van der Waals surface area (Å²) in [5, 5.41) is 9.23. The van der Waals surface area contributed by atoms with Crippen LogP contribution in [0.2, 0.25) is 0 Å². The molecule has 0 aromatic heterocycles. The maximum Gasteiger partial charge on any atom is 0.335 e. The molecule has 0 radical (unpaired) electrons. The molecular weight excluding hydrogens is 478 g/mol. The van der Waals surface area contributed by atoms with E-state index in [1.807, 2.05) is 24.3 Å². The second kappa shape index (κ2) is 9.13. The van der Waals surface area contributed by atoms with E-state index in [9.17, 15) is 14.4 Å². The molecule has 34 heavy (non-hydrogen) atoms. The van der Waals surface area contributed by atoms with Crippen LogP contribution in [-0.4, -0.2) is 46.6 Å². The number of imide groups is 1. The topological polar surface area (TPSA) is 93.1 Å². The summed E-state index contributed by atoms with van der Waals surface area (Å²) in [6.07, 6.45) is 3.68. The SMILES string of the molecule is O=C(O)c1ccc(-c2ccc(/C=C3\SC(=O)N(CC4=C(Cl)CC5OCOC5=C4)C3=O)cc2)cc1. The van der Waals surface area contributed by atoms with Gasteiger partial charge in [-0.3, -0.25) is 14.5 Å². The Balaban J connectivity index is 1.30. The monoisotopic (exact) mass is 495 g/mol. The molecule has 0 bridgehead atoms. The van der Waals surface area contributed by atoms with Crippen LogP contribution in [0.5, 0.6) is 0 Å². The van der Waals surface area contributed by atoms with Gasteiger partial charge < -0.3 is 14.6 Å². The quantitative estimate of drug-likeness (QED) is 0.567. The number of benzene rings is 2. The van der Waals surface area contributed by atoms with Gasteiger partial charge in [0.25, 0.3) is 11.1 Å². The van der Waals surface area contributed by atoms with E-state index in [-0.39, 0.29) is 36.2 Å². The van der Waals surface area contributed by atoms with Crippen LogP contribution in [0.25, 0.3) is 17.2 Å². The number of carbonyl (C=O) groups is 3. The standard InChI is InChI=1S/C25H18ClNO6S/c26-19-11-21-20(32-13-33-21)10-18(19)12-27-23(28)22(34-25(27)31)9-14-1-3-15(4-2-14)16-5-7-17(8-6-16)24(29)30/h1-10,21H,11-13H2,(H,29,30)/b22-9-. The summed E-state index contributed by atoms with van der Waals surface area (Å²) < 4.78 is 10.9. The first-order valence-corrected chi connectivity index (χ1v) is 11.6. The maximum atomic E-state index is 12.9. The zero-order valence-electron chi connectivity index (χ0n) is 17.7. The van der Waals surface area contributed by atoms with Gasteiger partial charge in [-0.05, 0) is 58.3 Å². The zero-order valence-corrected chi connectivity index (χ0v) is 19.3. The maximum absolute atomic E-state index is 12.9. The number of thioether (sulfide) groups is 1. The number of carboxylic acid groups (broad SMARTS) is 1. The smallest absolute Gasteiger partial charge is 0.335 e. The predicted molar refractivity (Wildman–Crippen MR) is 128 cm³/mol. The fourth-order valence-corrected chi connectivity index (χ4v) is 4.96. The van der Waals surface area contributed by atoms with Gasteiger partial charge in [0, 0.05) is 11.5 Å². The van der Waals surface area contributed by atoms with Crippen molar-refractivity contribution in [3.63, 3.8) is 0 Å². The van der Waals surface area contributed by atoms with Crippen molar-refractivity contribution in [1.29, 1.82) is 0 Å². The molecule has 9 heteroatoms. The van der Waals surface area contributed by atoms with E-state index in [1.165, 1.54) is 4.90 Å². The highest BCUT2D eigenvalue weighted by molar-refractivity contribution is 8.18. The molecule has 2 heterocycles. The summed E-state index contributed by atoms with van der Waals surface area (Å²) in [5.41, 5.74) is 3.45. The molecule has 2 fully saturated rings. The van der Waals surface area contributed by atoms with Crippen LogP contribution in [0.1, 0.15) is 22.3 Å². The molecule has 0 saturated carbocycles. The average molecular weight is 496 g/mol. The molecule has 2 saturated heterocycles. The van der Waals surface area contributed by atoms with E-state index in [0.717, 1.165) is 28.5 Å². The molecule has 1 N–H and O–H groups in total. The molecule has 172 valence electrons. The first-order valence-electron chi connectivity index (χ1n) is 10.4. The molecule has 2 amide bonds. The number of aromatic carboxylic acids is 1. The van der Waals surface area contributed by atoms with Gasteiger partial charge in [-0.2, -0.15) is 0 Å². The summed E-state index contributed by atoms with van der Waals surface area (Å²) in [6.45, 7) is 0.246. The van der Waals surface area contributed by atoms with Gasteiger partial charge in [0.1, 0.15) is 11.9 Å². The van der Waals surface area contributed by atoms with Crippen LogP contribution in [0.3, 0.4) is 0 Å². The molecule has 2 aromatic carbocycles. The van der Waals surface area contributed by atoms with E-state index in [0.29, 0.717) is 27.7 Å². The molecular formula is C25H18ClNO6S. The first kappa shape index (κ1) is 22.5. The van der Waals surface area contributed by atoms with Gasteiger partial charge in [-0.1, -0.05) is 48.0 Å². The number of halogens is 1. The van der Waals surface area contributed by atoms with E-state index in [1.54, 1.807) is 36.4 Å². The van der Waals surface area contributed by atoms with Crippen LogP contribution < -0.4 is 0 Å². The Kier molecular flexibility index (Phi) is 6.03. The molecule has 2 aliphatic heterocycles. The average Bonchev–Trinajstić information content (AvgIpc) is 3.39. The number of ether oxygens (including phenoxy) is 2. The second-order valence-corrected chi connectivity index (χ2v) is 9.32.